The second-order valence-electron chi connectivity index (χ2n) is 7.80. The van der Waals surface area contributed by atoms with Crippen LogP contribution in [0.2, 0.25) is 0 Å². The van der Waals surface area contributed by atoms with E-state index in [9.17, 15) is 14.9 Å². The Bertz CT molecular complexity index is 757. The predicted molar refractivity (Wildman–Crippen MR) is 95.9 cm³/mol. The van der Waals surface area contributed by atoms with Gasteiger partial charge in [-0.15, -0.1) is 0 Å². The van der Waals surface area contributed by atoms with E-state index in [-0.39, 0.29) is 29.2 Å². The van der Waals surface area contributed by atoms with Gasteiger partial charge in [0.2, 0.25) is 11.8 Å². The molecule has 1 atom stereocenters. The molecule has 3 aliphatic rings. The number of nitrogens with zero attached hydrogens (tertiary/aromatic N) is 3. The van der Waals surface area contributed by atoms with Crippen molar-refractivity contribution >= 4 is 11.8 Å². The van der Waals surface area contributed by atoms with E-state index >= 15 is 0 Å². The molecular weight excluding hydrogens is 328 g/mol. The summed E-state index contributed by atoms with van der Waals surface area (Å²) in [7, 11) is 1.62. The maximum Gasteiger partial charge on any atom is 0.225 e. The van der Waals surface area contributed by atoms with Crippen molar-refractivity contribution in [3.05, 3.63) is 35.4 Å². The van der Waals surface area contributed by atoms with Crippen LogP contribution in [0, 0.1) is 17.2 Å². The van der Waals surface area contributed by atoms with Gasteiger partial charge in [0.1, 0.15) is 0 Å². The van der Waals surface area contributed by atoms with Crippen molar-refractivity contribution in [2.45, 2.75) is 37.3 Å². The Labute approximate surface area is 153 Å². The normalized spacial score (nSPS) is 24.8. The Morgan fingerprint density at radius 3 is 2.54 bits per heavy atom. The van der Waals surface area contributed by atoms with Crippen molar-refractivity contribution in [2.75, 3.05) is 26.7 Å². The van der Waals surface area contributed by atoms with Crippen molar-refractivity contribution in [1.82, 2.24) is 15.1 Å². The monoisotopic (exact) mass is 352 g/mol. The van der Waals surface area contributed by atoms with Crippen molar-refractivity contribution in [1.29, 1.82) is 5.26 Å². The van der Waals surface area contributed by atoms with Gasteiger partial charge in [0.25, 0.3) is 0 Å². The van der Waals surface area contributed by atoms with Crippen LogP contribution in [0.15, 0.2) is 24.3 Å². The van der Waals surface area contributed by atoms with Crippen LogP contribution >= 0.6 is 0 Å². The van der Waals surface area contributed by atoms with Crippen LogP contribution < -0.4 is 5.32 Å². The molecule has 26 heavy (non-hydrogen) atoms. The summed E-state index contributed by atoms with van der Waals surface area (Å²) < 4.78 is 0. The fourth-order valence-electron chi connectivity index (χ4n) is 4.11. The third kappa shape index (κ3) is 2.97. The number of nitrogens with one attached hydrogen (secondary N) is 1. The standard InChI is InChI=1S/C20H24N4O2/c1-22-19(26)15-8-18(25)24(10-15)17-11-23(12-17)9-14-2-4-16(5-3-14)20(13-21)6-7-20/h2-5,15,17H,6-12H2,1H3,(H,22,26). The molecule has 0 radical (unpaired) electrons. The minimum Gasteiger partial charge on any atom is -0.359 e. The highest BCUT2D eigenvalue weighted by atomic mass is 16.2. The molecule has 1 N–H and O–H groups in total. The summed E-state index contributed by atoms with van der Waals surface area (Å²) in [5, 5.41) is 11.9. The maximum absolute atomic E-state index is 12.2. The molecule has 6 nitrogen and oxygen atoms in total. The van der Waals surface area contributed by atoms with Crippen LogP contribution in [0.5, 0.6) is 0 Å². The summed E-state index contributed by atoms with van der Waals surface area (Å²) in [4.78, 5) is 28.1. The molecule has 3 fully saturated rings. The van der Waals surface area contributed by atoms with Crippen molar-refractivity contribution < 1.29 is 9.59 Å². The number of hydrogen-bond acceptors (Lipinski definition) is 4. The van der Waals surface area contributed by atoms with E-state index in [1.165, 1.54) is 5.56 Å². The van der Waals surface area contributed by atoms with E-state index in [2.05, 4.69) is 40.6 Å². The smallest absolute Gasteiger partial charge is 0.225 e. The quantitative estimate of drug-likeness (QED) is 0.858. The molecule has 1 aromatic rings. The summed E-state index contributed by atoms with van der Waals surface area (Å²) in [6.07, 6.45) is 2.27. The molecule has 2 amide bonds. The summed E-state index contributed by atoms with van der Waals surface area (Å²) >= 11 is 0. The maximum atomic E-state index is 12.2. The van der Waals surface area contributed by atoms with E-state index < -0.39 is 0 Å². The number of likely N-dealkylation sites (tertiary alicyclic amines) is 2. The molecule has 1 aromatic carbocycles. The lowest BCUT2D eigenvalue weighted by Gasteiger charge is -2.44. The topological polar surface area (TPSA) is 76.4 Å². The van der Waals surface area contributed by atoms with E-state index in [1.54, 1.807) is 7.05 Å². The van der Waals surface area contributed by atoms with Crippen molar-refractivity contribution in [3.8, 4) is 6.07 Å². The molecule has 2 aliphatic heterocycles. The zero-order valence-electron chi connectivity index (χ0n) is 15.1. The molecule has 0 bridgehead atoms. The first-order valence-electron chi connectivity index (χ1n) is 9.29. The van der Waals surface area contributed by atoms with Gasteiger partial charge in [-0.05, 0) is 24.0 Å². The van der Waals surface area contributed by atoms with Gasteiger partial charge in [-0.1, -0.05) is 24.3 Å². The minimum absolute atomic E-state index is 0.0390. The van der Waals surface area contributed by atoms with Gasteiger partial charge in [0, 0.05) is 39.6 Å². The van der Waals surface area contributed by atoms with Crippen LogP contribution in [0.3, 0.4) is 0 Å². The van der Waals surface area contributed by atoms with E-state index in [0.29, 0.717) is 13.0 Å². The summed E-state index contributed by atoms with van der Waals surface area (Å²) in [5.41, 5.74) is 2.14. The Hall–Kier alpha value is -2.39. The van der Waals surface area contributed by atoms with Crippen LogP contribution in [-0.2, 0) is 21.5 Å². The first kappa shape index (κ1) is 17.0. The van der Waals surface area contributed by atoms with Crippen LogP contribution in [-0.4, -0.2) is 54.3 Å². The molecule has 136 valence electrons. The fourth-order valence-corrected chi connectivity index (χ4v) is 4.11. The first-order valence-corrected chi connectivity index (χ1v) is 9.29. The van der Waals surface area contributed by atoms with Crippen LogP contribution in [0.4, 0.5) is 0 Å². The molecule has 1 aliphatic carbocycles. The van der Waals surface area contributed by atoms with E-state index in [4.69, 9.17) is 0 Å². The molecular formula is C20H24N4O2. The summed E-state index contributed by atoms with van der Waals surface area (Å²) in [6.45, 7) is 3.12. The number of carbonyl (C=O) groups excluding carboxylic acids is 2. The Kier molecular flexibility index (Phi) is 4.20. The van der Waals surface area contributed by atoms with Crippen molar-refractivity contribution in [2.24, 2.45) is 5.92 Å². The Morgan fingerprint density at radius 2 is 1.96 bits per heavy atom. The molecule has 6 heteroatoms. The lowest BCUT2D eigenvalue weighted by atomic mass is 9.96. The number of rotatable bonds is 5. The summed E-state index contributed by atoms with van der Waals surface area (Å²) in [6, 6.07) is 11.1. The largest absolute Gasteiger partial charge is 0.359 e. The van der Waals surface area contributed by atoms with Crippen LogP contribution in [0.1, 0.15) is 30.4 Å². The molecule has 2 heterocycles. The first-order chi connectivity index (χ1) is 12.5. The van der Waals surface area contributed by atoms with Gasteiger partial charge < -0.3 is 10.2 Å². The van der Waals surface area contributed by atoms with Gasteiger partial charge in [-0.25, -0.2) is 0 Å². The van der Waals surface area contributed by atoms with Crippen molar-refractivity contribution in [3.63, 3.8) is 0 Å². The zero-order chi connectivity index (χ0) is 18.3. The fraction of sp³-hybridized carbons (Fsp3) is 0.550. The molecule has 0 spiro atoms. The summed E-state index contributed by atoms with van der Waals surface area (Å²) in [5.74, 6) is -0.147. The Morgan fingerprint density at radius 1 is 1.27 bits per heavy atom. The number of benzene rings is 1. The lowest BCUT2D eigenvalue weighted by molar-refractivity contribution is -0.133. The zero-order valence-corrected chi connectivity index (χ0v) is 15.1. The molecule has 4 rings (SSSR count). The average molecular weight is 352 g/mol. The number of amides is 2. The molecule has 0 aromatic heterocycles. The SMILES string of the molecule is CNC(=O)C1CC(=O)N(C2CN(Cc3ccc(C4(C#N)CC4)cc3)C2)C1. The molecule has 2 saturated heterocycles. The number of hydrogen-bond donors (Lipinski definition) is 1. The highest BCUT2D eigenvalue weighted by Gasteiger charge is 2.45. The predicted octanol–water partition coefficient (Wildman–Crippen LogP) is 1.02. The number of nitriles is 1. The second-order valence-corrected chi connectivity index (χ2v) is 7.80. The second kappa shape index (κ2) is 6.40. The van der Waals surface area contributed by atoms with Crippen LogP contribution in [0.25, 0.3) is 0 Å². The molecule has 1 unspecified atom stereocenters. The van der Waals surface area contributed by atoms with Gasteiger partial charge in [-0.2, -0.15) is 5.26 Å². The van der Waals surface area contributed by atoms with Gasteiger partial charge >= 0.3 is 0 Å². The van der Waals surface area contributed by atoms with E-state index in [0.717, 1.165) is 38.0 Å². The number of carbonyl (C=O) groups is 2. The highest BCUT2D eigenvalue weighted by molar-refractivity contribution is 5.89. The lowest BCUT2D eigenvalue weighted by Crippen LogP contribution is -2.59. The Balaban J connectivity index is 1.28. The third-order valence-corrected chi connectivity index (χ3v) is 6.03. The highest BCUT2D eigenvalue weighted by Crippen LogP contribution is 2.47. The van der Waals surface area contributed by atoms with Gasteiger partial charge in [0.05, 0.1) is 23.4 Å². The van der Waals surface area contributed by atoms with Gasteiger partial charge in [0.15, 0.2) is 0 Å². The minimum atomic E-state index is -0.224. The molecule has 1 saturated carbocycles. The van der Waals surface area contributed by atoms with Gasteiger partial charge in [-0.3, -0.25) is 14.5 Å². The average Bonchev–Trinajstić information content (AvgIpc) is 3.34. The van der Waals surface area contributed by atoms with E-state index in [1.807, 2.05) is 4.90 Å². The third-order valence-electron chi connectivity index (χ3n) is 6.03.